The Labute approximate surface area is 102 Å². The number of aromatic nitrogens is 2. The Balaban J connectivity index is 2.00. The minimum absolute atomic E-state index is 0.0428. The maximum Gasteiger partial charge on any atom is 0.261 e. The third-order valence-electron chi connectivity index (χ3n) is 3.28. The monoisotopic (exact) mass is 251 g/mol. The highest BCUT2D eigenvalue weighted by molar-refractivity contribution is 5.53. The molecule has 4 nitrogen and oxygen atoms in total. The lowest BCUT2D eigenvalue weighted by Gasteiger charge is -2.34. The van der Waals surface area contributed by atoms with Crippen LogP contribution in [0.2, 0.25) is 0 Å². The molecule has 1 heterocycles. The van der Waals surface area contributed by atoms with Gasteiger partial charge in [0.25, 0.3) is 5.89 Å². The van der Waals surface area contributed by atoms with Crippen molar-refractivity contribution < 1.29 is 13.3 Å². The van der Waals surface area contributed by atoms with E-state index in [0.717, 1.165) is 37.5 Å². The molecule has 2 aromatic rings. The van der Waals surface area contributed by atoms with Crippen LogP contribution in [0.15, 0.2) is 22.7 Å². The van der Waals surface area contributed by atoms with E-state index >= 15 is 0 Å². The van der Waals surface area contributed by atoms with Gasteiger partial charge in [-0.2, -0.15) is 4.98 Å². The molecule has 0 saturated heterocycles. The molecule has 0 atom stereocenters. The summed E-state index contributed by atoms with van der Waals surface area (Å²) in [6, 6.07) is 3.08. The number of hydrogen-bond acceptors (Lipinski definition) is 4. The molecule has 3 rings (SSSR count). The van der Waals surface area contributed by atoms with Crippen LogP contribution in [0, 0.1) is 11.6 Å². The predicted octanol–water partition coefficient (Wildman–Crippen LogP) is 2.35. The van der Waals surface area contributed by atoms with Crippen LogP contribution < -0.4 is 5.73 Å². The Kier molecular flexibility index (Phi) is 2.41. The van der Waals surface area contributed by atoms with Gasteiger partial charge in [-0.15, -0.1) is 0 Å². The van der Waals surface area contributed by atoms with Crippen molar-refractivity contribution >= 4 is 0 Å². The summed E-state index contributed by atoms with van der Waals surface area (Å²) in [6.45, 7) is 0. The number of hydrogen-bond donors (Lipinski definition) is 1. The summed E-state index contributed by atoms with van der Waals surface area (Å²) < 4.78 is 31.6. The van der Waals surface area contributed by atoms with Crippen molar-refractivity contribution in [1.29, 1.82) is 0 Å². The van der Waals surface area contributed by atoms with E-state index < -0.39 is 17.2 Å². The molecule has 0 aliphatic heterocycles. The lowest BCUT2D eigenvalue weighted by atomic mass is 9.77. The average Bonchev–Trinajstić information content (AvgIpc) is 2.79. The van der Waals surface area contributed by atoms with Crippen molar-refractivity contribution in [2.45, 2.75) is 24.8 Å². The van der Waals surface area contributed by atoms with Gasteiger partial charge in [0.2, 0.25) is 0 Å². The van der Waals surface area contributed by atoms with Crippen molar-refractivity contribution in [2.75, 3.05) is 0 Å². The molecule has 94 valence electrons. The summed E-state index contributed by atoms with van der Waals surface area (Å²) in [5.41, 5.74) is 5.41. The summed E-state index contributed by atoms with van der Waals surface area (Å²) in [7, 11) is 0. The van der Waals surface area contributed by atoms with Gasteiger partial charge in [-0.3, -0.25) is 0 Å². The van der Waals surface area contributed by atoms with Gasteiger partial charge in [-0.25, -0.2) is 8.78 Å². The average molecular weight is 251 g/mol. The van der Waals surface area contributed by atoms with E-state index in [2.05, 4.69) is 10.1 Å². The summed E-state index contributed by atoms with van der Waals surface area (Å²) in [4.78, 5) is 4.07. The van der Waals surface area contributed by atoms with E-state index in [0.29, 0.717) is 5.82 Å². The van der Waals surface area contributed by atoms with Gasteiger partial charge in [0, 0.05) is 0 Å². The number of halogens is 2. The molecule has 0 spiro atoms. The Morgan fingerprint density at radius 1 is 1.28 bits per heavy atom. The second kappa shape index (κ2) is 3.84. The summed E-state index contributed by atoms with van der Waals surface area (Å²) >= 11 is 0. The Morgan fingerprint density at radius 2 is 2.06 bits per heavy atom. The molecule has 0 unspecified atom stereocenters. The molecule has 18 heavy (non-hydrogen) atoms. The van der Waals surface area contributed by atoms with E-state index in [1.54, 1.807) is 0 Å². The molecular weight excluding hydrogens is 240 g/mol. The quantitative estimate of drug-likeness (QED) is 0.889. The number of nitrogens with zero attached hydrogens (tertiary/aromatic N) is 2. The molecule has 0 bridgehead atoms. The minimum atomic E-state index is -0.605. The largest absolute Gasteiger partial charge is 0.334 e. The number of benzene rings is 1. The highest BCUT2D eigenvalue weighted by atomic mass is 19.1. The predicted molar refractivity (Wildman–Crippen MR) is 59.4 cm³/mol. The molecule has 1 aliphatic carbocycles. The molecule has 0 amide bonds. The van der Waals surface area contributed by atoms with Crippen LogP contribution in [0.1, 0.15) is 25.1 Å². The molecule has 1 aromatic carbocycles. The van der Waals surface area contributed by atoms with Crippen molar-refractivity contribution in [2.24, 2.45) is 5.73 Å². The second-order valence-electron chi connectivity index (χ2n) is 4.56. The first-order valence-electron chi connectivity index (χ1n) is 5.67. The molecular formula is C12H11F2N3O. The van der Waals surface area contributed by atoms with E-state index in [1.165, 1.54) is 0 Å². The minimum Gasteiger partial charge on any atom is -0.334 e. The zero-order chi connectivity index (χ0) is 12.8. The highest BCUT2D eigenvalue weighted by Crippen LogP contribution is 2.37. The second-order valence-corrected chi connectivity index (χ2v) is 4.56. The fourth-order valence-electron chi connectivity index (χ4n) is 1.98. The van der Waals surface area contributed by atoms with Gasteiger partial charge in [0.15, 0.2) is 5.82 Å². The molecule has 1 aromatic heterocycles. The van der Waals surface area contributed by atoms with Crippen molar-refractivity contribution in [3.8, 4) is 11.5 Å². The molecule has 1 saturated carbocycles. The Morgan fingerprint density at radius 3 is 2.72 bits per heavy atom. The van der Waals surface area contributed by atoms with Crippen molar-refractivity contribution in [3.63, 3.8) is 0 Å². The van der Waals surface area contributed by atoms with Crippen LogP contribution >= 0.6 is 0 Å². The van der Waals surface area contributed by atoms with Crippen LogP contribution in [0.4, 0.5) is 8.78 Å². The van der Waals surface area contributed by atoms with Crippen LogP contribution in [-0.4, -0.2) is 10.1 Å². The fourth-order valence-corrected chi connectivity index (χ4v) is 1.98. The first kappa shape index (κ1) is 11.3. The molecule has 1 fully saturated rings. The van der Waals surface area contributed by atoms with Gasteiger partial charge in [-0.1, -0.05) is 5.16 Å². The summed E-state index contributed by atoms with van der Waals surface area (Å²) in [5, 5.41) is 3.76. The first-order chi connectivity index (χ1) is 8.58. The topological polar surface area (TPSA) is 64.9 Å². The van der Waals surface area contributed by atoms with E-state index in [1.807, 2.05) is 0 Å². The maximum atomic E-state index is 13.5. The Hall–Kier alpha value is -1.82. The van der Waals surface area contributed by atoms with E-state index in [9.17, 15) is 8.78 Å². The fraction of sp³-hybridized carbons (Fsp3) is 0.333. The summed E-state index contributed by atoms with van der Waals surface area (Å²) in [6.07, 6.45) is 2.56. The number of nitrogens with two attached hydrogens (primary N) is 1. The SMILES string of the molecule is NC1(c2noc(-c3cc(F)ccc3F)n2)CCC1. The lowest BCUT2D eigenvalue weighted by Crippen LogP contribution is -2.44. The standard InChI is InChI=1S/C12H11F2N3O/c13-7-2-3-9(14)8(6-7)10-16-11(17-18-10)12(15)4-1-5-12/h2-3,6H,1,4-5,15H2. The van der Waals surface area contributed by atoms with E-state index in [-0.39, 0.29) is 11.5 Å². The van der Waals surface area contributed by atoms with Crippen LogP contribution in [0.5, 0.6) is 0 Å². The van der Waals surface area contributed by atoms with Gasteiger partial charge in [-0.05, 0) is 37.5 Å². The molecule has 6 heteroatoms. The van der Waals surface area contributed by atoms with Crippen molar-refractivity contribution in [1.82, 2.24) is 10.1 Å². The smallest absolute Gasteiger partial charge is 0.261 e. The molecule has 0 radical (unpaired) electrons. The van der Waals surface area contributed by atoms with Gasteiger partial charge in [0.05, 0.1) is 11.1 Å². The normalized spacial score (nSPS) is 17.5. The summed E-state index contributed by atoms with van der Waals surface area (Å²) in [5.74, 6) is -0.852. The zero-order valence-electron chi connectivity index (χ0n) is 9.49. The lowest BCUT2D eigenvalue weighted by molar-refractivity contribution is 0.229. The third-order valence-corrected chi connectivity index (χ3v) is 3.28. The maximum absolute atomic E-state index is 13.5. The van der Waals surface area contributed by atoms with Crippen LogP contribution in [0.25, 0.3) is 11.5 Å². The zero-order valence-corrected chi connectivity index (χ0v) is 9.49. The van der Waals surface area contributed by atoms with Crippen molar-refractivity contribution in [3.05, 3.63) is 35.7 Å². The molecule has 2 N–H and O–H groups in total. The number of rotatable bonds is 2. The van der Waals surface area contributed by atoms with Crippen LogP contribution in [0.3, 0.4) is 0 Å². The van der Waals surface area contributed by atoms with Crippen LogP contribution in [-0.2, 0) is 5.54 Å². The molecule has 1 aliphatic rings. The van der Waals surface area contributed by atoms with Gasteiger partial charge in [0.1, 0.15) is 11.6 Å². The third kappa shape index (κ3) is 1.69. The first-order valence-corrected chi connectivity index (χ1v) is 5.67. The Bertz CT molecular complexity index is 593. The van der Waals surface area contributed by atoms with E-state index in [4.69, 9.17) is 10.3 Å². The highest BCUT2D eigenvalue weighted by Gasteiger charge is 2.39. The van der Waals surface area contributed by atoms with Gasteiger partial charge < -0.3 is 10.3 Å². The van der Waals surface area contributed by atoms with Gasteiger partial charge >= 0.3 is 0 Å².